The molecule has 1 amide bonds. The summed E-state index contributed by atoms with van der Waals surface area (Å²) in [4.78, 5) is 20.8. The molecule has 0 aliphatic carbocycles. The Morgan fingerprint density at radius 3 is 2.32 bits per heavy atom. The lowest BCUT2D eigenvalue weighted by Gasteiger charge is -2.46. The van der Waals surface area contributed by atoms with Gasteiger partial charge in [-0.25, -0.2) is 5.10 Å². The van der Waals surface area contributed by atoms with E-state index in [-0.39, 0.29) is 17.9 Å². The van der Waals surface area contributed by atoms with Gasteiger partial charge in [0.25, 0.3) is 0 Å². The van der Waals surface area contributed by atoms with Crippen molar-refractivity contribution in [2.24, 2.45) is 0 Å². The van der Waals surface area contributed by atoms with Crippen molar-refractivity contribution in [2.75, 3.05) is 23.9 Å². The Bertz CT molecular complexity index is 859. The van der Waals surface area contributed by atoms with Crippen LogP contribution in [-0.4, -0.2) is 35.2 Å². The number of aromatic nitrogens is 3. The van der Waals surface area contributed by atoms with Gasteiger partial charge in [-0.05, 0) is 23.3 Å². The topological polar surface area (TPSA) is 65.1 Å². The molecule has 25 heavy (non-hydrogen) atoms. The van der Waals surface area contributed by atoms with Crippen LogP contribution in [0.3, 0.4) is 0 Å². The van der Waals surface area contributed by atoms with Crippen LogP contribution in [0.5, 0.6) is 0 Å². The average molecular weight is 333 g/mol. The first-order valence-corrected chi connectivity index (χ1v) is 8.17. The highest BCUT2D eigenvalue weighted by molar-refractivity contribution is 6.05. The van der Waals surface area contributed by atoms with Gasteiger partial charge in [0.2, 0.25) is 11.9 Å². The van der Waals surface area contributed by atoms with Gasteiger partial charge in [0.1, 0.15) is 6.33 Å². The third-order valence-electron chi connectivity index (χ3n) is 4.64. The number of anilines is 2. The van der Waals surface area contributed by atoms with E-state index in [9.17, 15) is 4.79 Å². The van der Waals surface area contributed by atoms with E-state index in [1.165, 1.54) is 6.33 Å². The van der Waals surface area contributed by atoms with E-state index >= 15 is 0 Å². The molecule has 0 saturated carbocycles. The summed E-state index contributed by atoms with van der Waals surface area (Å²) in [6.07, 6.45) is 1.42. The maximum Gasteiger partial charge on any atom is 0.239 e. The van der Waals surface area contributed by atoms with E-state index in [4.69, 9.17) is 0 Å². The first kappa shape index (κ1) is 15.4. The zero-order chi connectivity index (χ0) is 17.4. The highest BCUT2D eigenvalue weighted by atomic mass is 16.2. The molecule has 126 valence electrons. The molecule has 1 aliphatic rings. The van der Waals surface area contributed by atoms with Crippen LogP contribution in [0.1, 0.15) is 23.1 Å². The van der Waals surface area contributed by atoms with Crippen LogP contribution in [-0.2, 0) is 4.79 Å². The molecule has 1 saturated heterocycles. The van der Waals surface area contributed by atoms with Crippen molar-refractivity contribution in [3.8, 4) is 0 Å². The Morgan fingerprint density at radius 2 is 1.72 bits per heavy atom. The van der Waals surface area contributed by atoms with Gasteiger partial charge < -0.3 is 4.90 Å². The van der Waals surface area contributed by atoms with E-state index < -0.39 is 0 Å². The Kier molecular flexibility index (Phi) is 3.72. The van der Waals surface area contributed by atoms with Crippen molar-refractivity contribution in [1.82, 2.24) is 15.2 Å². The Morgan fingerprint density at radius 1 is 1.00 bits per heavy atom. The lowest BCUT2D eigenvalue weighted by Crippen LogP contribution is -2.54. The molecular weight excluding hydrogens is 314 g/mol. The van der Waals surface area contributed by atoms with Crippen molar-refractivity contribution in [1.29, 1.82) is 0 Å². The average Bonchev–Trinajstić information content (AvgIpc) is 3.14. The lowest BCUT2D eigenvalue weighted by molar-refractivity contribution is -0.126. The minimum Gasteiger partial charge on any atom is -0.378 e. The molecule has 6 nitrogen and oxygen atoms in total. The molecule has 0 spiro atoms. The van der Waals surface area contributed by atoms with Crippen LogP contribution in [0.2, 0.25) is 0 Å². The lowest BCUT2D eigenvalue weighted by atomic mass is 9.78. The number of hydrogen-bond donors (Lipinski definition) is 1. The maximum absolute atomic E-state index is 12.9. The quantitative estimate of drug-likeness (QED) is 0.746. The van der Waals surface area contributed by atoms with Gasteiger partial charge in [-0.1, -0.05) is 42.5 Å². The molecule has 2 unspecified atom stereocenters. The number of hydrogen-bond acceptors (Lipinski definition) is 4. The standard InChI is InChI=1S/C19H19N5O/c1-23(2)15-10-8-13(9-11-15)16-17(14-6-4-3-5-7-14)24(18(16)25)19-20-12-21-22-19/h3-12,16-17H,1-2H3,(H,20,21,22). The van der Waals surface area contributed by atoms with Crippen molar-refractivity contribution in [3.05, 3.63) is 72.1 Å². The van der Waals surface area contributed by atoms with Gasteiger partial charge in [-0.2, -0.15) is 10.1 Å². The number of amides is 1. The molecular formula is C19H19N5O. The summed E-state index contributed by atoms with van der Waals surface area (Å²) in [6.45, 7) is 0. The van der Waals surface area contributed by atoms with Gasteiger partial charge >= 0.3 is 0 Å². The molecule has 2 aromatic carbocycles. The fourth-order valence-corrected chi connectivity index (χ4v) is 3.34. The Labute approximate surface area is 146 Å². The fraction of sp³-hybridized carbons (Fsp3) is 0.211. The maximum atomic E-state index is 12.9. The molecule has 6 heteroatoms. The van der Waals surface area contributed by atoms with Crippen molar-refractivity contribution >= 4 is 17.5 Å². The second-order valence-corrected chi connectivity index (χ2v) is 6.34. The molecule has 3 aromatic rings. The Hall–Kier alpha value is -3.15. The van der Waals surface area contributed by atoms with Crippen LogP contribution in [0, 0.1) is 0 Å². The summed E-state index contributed by atoms with van der Waals surface area (Å²) in [5.41, 5.74) is 3.21. The van der Waals surface area contributed by atoms with Gasteiger partial charge in [-0.15, -0.1) is 0 Å². The largest absolute Gasteiger partial charge is 0.378 e. The number of nitrogens with zero attached hydrogens (tertiary/aromatic N) is 4. The third kappa shape index (κ3) is 2.55. The van der Waals surface area contributed by atoms with Gasteiger partial charge in [0, 0.05) is 19.8 Å². The molecule has 4 rings (SSSR count). The molecule has 1 aliphatic heterocycles. The first-order chi connectivity index (χ1) is 12.2. The molecule has 1 N–H and O–H groups in total. The van der Waals surface area contributed by atoms with E-state index in [0.29, 0.717) is 5.95 Å². The van der Waals surface area contributed by atoms with E-state index in [2.05, 4.69) is 15.2 Å². The number of carbonyl (C=O) groups is 1. The normalized spacial score (nSPS) is 19.6. The zero-order valence-electron chi connectivity index (χ0n) is 14.1. The second-order valence-electron chi connectivity index (χ2n) is 6.34. The van der Waals surface area contributed by atoms with Crippen molar-refractivity contribution in [3.63, 3.8) is 0 Å². The third-order valence-corrected chi connectivity index (χ3v) is 4.64. The van der Waals surface area contributed by atoms with E-state index in [0.717, 1.165) is 16.8 Å². The molecule has 2 atom stereocenters. The Balaban J connectivity index is 1.72. The fourth-order valence-electron chi connectivity index (χ4n) is 3.34. The second kappa shape index (κ2) is 6.05. The molecule has 0 bridgehead atoms. The minimum atomic E-state index is -0.219. The van der Waals surface area contributed by atoms with Crippen LogP contribution in [0.15, 0.2) is 60.9 Å². The van der Waals surface area contributed by atoms with Gasteiger partial charge in [-0.3, -0.25) is 9.69 Å². The highest BCUT2D eigenvalue weighted by Crippen LogP contribution is 2.47. The summed E-state index contributed by atoms with van der Waals surface area (Å²) in [5.74, 6) is 0.298. The van der Waals surface area contributed by atoms with Crippen molar-refractivity contribution in [2.45, 2.75) is 12.0 Å². The molecule has 1 fully saturated rings. The highest BCUT2D eigenvalue weighted by Gasteiger charge is 2.50. The number of β-lactam (4-membered cyclic amide) rings is 1. The summed E-state index contributed by atoms with van der Waals surface area (Å²) < 4.78 is 0. The van der Waals surface area contributed by atoms with Crippen LogP contribution < -0.4 is 9.80 Å². The van der Waals surface area contributed by atoms with Crippen LogP contribution >= 0.6 is 0 Å². The van der Waals surface area contributed by atoms with E-state index in [1.807, 2.05) is 73.6 Å². The van der Waals surface area contributed by atoms with Crippen molar-refractivity contribution < 1.29 is 4.79 Å². The monoisotopic (exact) mass is 333 g/mol. The predicted octanol–water partition coefficient (Wildman–Crippen LogP) is 2.74. The first-order valence-electron chi connectivity index (χ1n) is 8.17. The van der Waals surface area contributed by atoms with Gasteiger partial charge in [0.05, 0.1) is 12.0 Å². The van der Waals surface area contributed by atoms with E-state index in [1.54, 1.807) is 4.90 Å². The number of carbonyl (C=O) groups excluding carboxylic acids is 1. The molecule has 2 heterocycles. The van der Waals surface area contributed by atoms with Gasteiger partial charge in [0.15, 0.2) is 0 Å². The SMILES string of the molecule is CN(C)c1ccc(C2C(=O)N(c3ncn[nH]3)C2c2ccccc2)cc1. The number of nitrogens with one attached hydrogen (secondary N) is 1. The van der Waals surface area contributed by atoms with Crippen LogP contribution in [0.4, 0.5) is 11.6 Å². The number of aromatic amines is 1. The van der Waals surface area contributed by atoms with Crippen LogP contribution in [0.25, 0.3) is 0 Å². The minimum absolute atomic E-state index is 0.0307. The summed E-state index contributed by atoms with van der Waals surface area (Å²) in [7, 11) is 4.00. The molecule has 0 radical (unpaired) electrons. The molecule has 1 aromatic heterocycles. The smallest absolute Gasteiger partial charge is 0.239 e. The zero-order valence-corrected chi connectivity index (χ0v) is 14.1. The number of rotatable bonds is 4. The number of H-pyrrole nitrogens is 1. The summed E-state index contributed by atoms with van der Waals surface area (Å²) >= 11 is 0. The number of benzene rings is 2. The summed E-state index contributed by atoms with van der Waals surface area (Å²) in [6, 6.07) is 18.1. The summed E-state index contributed by atoms with van der Waals surface area (Å²) in [5, 5.41) is 6.68. The predicted molar refractivity (Wildman–Crippen MR) is 96.6 cm³/mol.